The van der Waals surface area contributed by atoms with Crippen LogP contribution >= 0.6 is 11.6 Å². The predicted octanol–water partition coefficient (Wildman–Crippen LogP) is 3.28. The number of carbonyl (C=O) groups excluding carboxylic acids is 1. The number of halogens is 1. The van der Waals surface area contributed by atoms with E-state index in [9.17, 15) is 4.79 Å². The number of nitrogens with zero attached hydrogens (tertiary/aromatic N) is 2. The number of aromatic nitrogens is 1. The normalized spacial score (nSPS) is 11.0. The van der Waals surface area contributed by atoms with Crippen LogP contribution in [0, 0.1) is 0 Å². The second kappa shape index (κ2) is 6.68. The number of hydrazone groups is 1. The van der Waals surface area contributed by atoms with Crippen LogP contribution in [0.2, 0.25) is 5.02 Å². The first-order valence-corrected chi connectivity index (χ1v) is 6.32. The Bertz CT molecular complexity index is 628. The number of nitrogens with one attached hydrogen (secondary N) is 2. The molecule has 102 valence electrons. The fourth-order valence-electron chi connectivity index (χ4n) is 1.48. The van der Waals surface area contributed by atoms with Crippen molar-refractivity contribution >= 4 is 29.0 Å². The van der Waals surface area contributed by atoms with Crippen molar-refractivity contribution in [2.45, 2.75) is 6.92 Å². The summed E-state index contributed by atoms with van der Waals surface area (Å²) in [6, 6.07) is 12.0. The highest BCUT2D eigenvalue weighted by Gasteiger charge is 2.04. The Hall–Kier alpha value is -2.40. The van der Waals surface area contributed by atoms with E-state index in [1.54, 1.807) is 37.4 Å². The minimum atomic E-state index is -0.464. The Morgan fingerprint density at radius 3 is 2.65 bits per heavy atom. The molecule has 0 spiro atoms. The highest BCUT2D eigenvalue weighted by molar-refractivity contribution is 6.33. The summed E-state index contributed by atoms with van der Waals surface area (Å²) < 4.78 is 0. The summed E-state index contributed by atoms with van der Waals surface area (Å²) in [6.45, 7) is 1.76. The van der Waals surface area contributed by atoms with Gasteiger partial charge < -0.3 is 5.32 Å². The number of rotatable bonds is 3. The lowest BCUT2D eigenvalue weighted by molar-refractivity contribution is 0.252. The van der Waals surface area contributed by atoms with Gasteiger partial charge in [0.25, 0.3) is 0 Å². The molecule has 1 aromatic heterocycles. The largest absolute Gasteiger partial charge is 0.339 e. The number of para-hydroxylation sites is 1. The molecule has 2 aromatic rings. The monoisotopic (exact) mass is 288 g/mol. The standard InChI is InChI=1S/C14H13ClN4O/c1-10(12-7-4-5-9-16-12)18-19-14(20)17-13-8-3-2-6-11(13)15/h2-9H,1H3,(H2,17,19,20)/b18-10+. The Labute approximate surface area is 121 Å². The average Bonchev–Trinajstić information content (AvgIpc) is 2.48. The lowest BCUT2D eigenvalue weighted by Gasteiger charge is -2.06. The molecular formula is C14H13ClN4O. The highest BCUT2D eigenvalue weighted by atomic mass is 35.5. The van der Waals surface area contributed by atoms with Gasteiger partial charge in [-0.15, -0.1) is 0 Å². The Morgan fingerprint density at radius 1 is 1.20 bits per heavy atom. The van der Waals surface area contributed by atoms with E-state index in [0.717, 1.165) is 0 Å². The SMILES string of the molecule is C/C(=N\NC(=O)Nc1ccccc1Cl)c1ccccn1. The molecule has 2 N–H and O–H groups in total. The summed E-state index contributed by atoms with van der Waals surface area (Å²) in [7, 11) is 0. The van der Waals surface area contributed by atoms with Crippen molar-refractivity contribution in [1.29, 1.82) is 0 Å². The molecule has 0 radical (unpaired) electrons. The smallest absolute Gasteiger partial charge is 0.305 e. The van der Waals surface area contributed by atoms with Crippen molar-refractivity contribution in [2.75, 3.05) is 5.32 Å². The Balaban J connectivity index is 1.97. The van der Waals surface area contributed by atoms with E-state index >= 15 is 0 Å². The number of urea groups is 1. The molecule has 0 fully saturated rings. The van der Waals surface area contributed by atoms with Gasteiger partial charge in [0, 0.05) is 6.20 Å². The first kappa shape index (κ1) is 14.0. The third kappa shape index (κ3) is 3.80. The van der Waals surface area contributed by atoms with Gasteiger partial charge in [0.1, 0.15) is 0 Å². The first-order chi connectivity index (χ1) is 9.66. The van der Waals surface area contributed by atoms with Crippen molar-refractivity contribution < 1.29 is 4.79 Å². The maximum absolute atomic E-state index is 11.7. The van der Waals surface area contributed by atoms with E-state index in [2.05, 4.69) is 20.8 Å². The van der Waals surface area contributed by atoms with Gasteiger partial charge in [0.05, 0.1) is 22.1 Å². The summed E-state index contributed by atoms with van der Waals surface area (Å²) in [5, 5.41) is 7.04. The minimum Gasteiger partial charge on any atom is -0.305 e. The van der Waals surface area contributed by atoms with Crippen LogP contribution in [0.1, 0.15) is 12.6 Å². The molecule has 1 aromatic carbocycles. The molecule has 2 rings (SSSR count). The fourth-order valence-corrected chi connectivity index (χ4v) is 1.66. The zero-order valence-electron chi connectivity index (χ0n) is 10.8. The van der Waals surface area contributed by atoms with Crippen LogP contribution in [-0.4, -0.2) is 16.7 Å². The Kier molecular flexibility index (Phi) is 4.68. The molecular weight excluding hydrogens is 276 g/mol. The van der Waals surface area contributed by atoms with Gasteiger partial charge in [-0.3, -0.25) is 4.98 Å². The lowest BCUT2D eigenvalue weighted by atomic mass is 10.3. The summed E-state index contributed by atoms with van der Waals surface area (Å²) in [5.41, 5.74) is 4.23. The van der Waals surface area contributed by atoms with Gasteiger partial charge >= 0.3 is 6.03 Å². The van der Waals surface area contributed by atoms with Crippen LogP contribution in [0.25, 0.3) is 0 Å². The molecule has 0 saturated carbocycles. The average molecular weight is 289 g/mol. The van der Waals surface area contributed by atoms with E-state index < -0.39 is 6.03 Å². The van der Waals surface area contributed by atoms with Crippen molar-refractivity contribution in [2.24, 2.45) is 5.10 Å². The third-order valence-electron chi connectivity index (χ3n) is 2.48. The van der Waals surface area contributed by atoms with Gasteiger partial charge in [0.2, 0.25) is 0 Å². The van der Waals surface area contributed by atoms with Crippen molar-refractivity contribution in [1.82, 2.24) is 10.4 Å². The number of pyridine rings is 1. The number of anilines is 1. The summed E-state index contributed by atoms with van der Waals surface area (Å²) >= 11 is 5.94. The highest BCUT2D eigenvalue weighted by Crippen LogP contribution is 2.19. The minimum absolute atomic E-state index is 0.464. The van der Waals surface area contributed by atoms with Crippen LogP contribution in [0.5, 0.6) is 0 Å². The van der Waals surface area contributed by atoms with E-state index in [-0.39, 0.29) is 0 Å². The molecule has 0 aliphatic heterocycles. The van der Waals surface area contributed by atoms with Crippen LogP contribution in [0.3, 0.4) is 0 Å². The molecule has 0 aliphatic rings. The number of benzene rings is 1. The molecule has 5 nitrogen and oxygen atoms in total. The van der Waals surface area contributed by atoms with Gasteiger partial charge in [-0.25, -0.2) is 10.2 Å². The van der Waals surface area contributed by atoms with Crippen LogP contribution in [-0.2, 0) is 0 Å². The first-order valence-electron chi connectivity index (χ1n) is 5.94. The van der Waals surface area contributed by atoms with Crippen LogP contribution < -0.4 is 10.7 Å². The molecule has 0 bridgehead atoms. The number of carbonyl (C=O) groups is 1. The quantitative estimate of drug-likeness (QED) is 0.672. The molecule has 2 amide bonds. The number of hydrogen-bond acceptors (Lipinski definition) is 3. The summed E-state index contributed by atoms with van der Waals surface area (Å²) in [4.78, 5) is 15.8. The molecule has 20 heavy (non-hydrogen) atoms. The van der Waals surface area contributed by atoms with E-state index in [1.807, 2.05) is 18.2 Å². The second-order valence-electron chi connectivity index (χ2n) is 3.96. The van der Waals surface area contributed by atoms with Crippen LogP contribution in [0.4, 0.5) is 10.5 Å². The number of hydrogen-bond donors (Lipinski definition) is 2. The molecule has 0 saturated heterocycles. The van der Waals surface area contributed by atoms with Gasteiger partial charge in [0.15, 0.2) is 0 Å². The van der Waals surface area contributed by atoms with E-state index in [4.69, 9.17) is 11.6 Å². The summed E-state index contributed by atoms with van der Waals surface area (Å²) in [5.74, 6) is 0. The van der Waals surface area contributed by atoms with Gasteiger partial charge in [-0.05, 0) is 31.2 Å². The van der Waals surface area contributed by atoms with Gasteiger partial charge in [-0.2, -0.15) is 5.10 Å². The fraction of sp³-hybridized carbons (Fsp3) is 0.0714. The third-order valence-corrected chi connectivity index (χ3v) is 2.81. The van der Waals surface area contributed by atoms with E-state index in [0.29, 0.717) is 22.1 Å². The molecule has 0 aliphatic carbocycles. The zero-order valence-corrected chi connectivity index (χ0v) is 11.6. The number of amides is 2. The molecule has 0 unspecified atom stereocenters. The lowest BCUT2D eigenvalue weighted by Crippen LogP contribution is -2.25. The summed E-state index contributed by atoms with van der Waals surface area (Å²) in [6.07, 6.45) is 1.66. The van der Waals surface area contributed by atoms with Crippen molar-refractivity contribution in [3.8, 4) is 0 Å². The van der Waals surface area contributed by atoms with Gasteiger partial charge in [-0.1, -0.05) is 29.8 Å². The van der Waals surface area contributed by atoms with Crippen LogP contribution in [0.15, 0.2) is 53.8 Å². The van der Waals surface area contributed by atoms with Crippen molar-refractivity contribution in [3.63, 3.8) is 0 Å². The molecule has 1 heterocycles. The van der Waals surface area contributed by atoms with E-state index in [1.165, 1.54) is 0 Å². The Morgan fingerprint density at radius 2 is 1.95 bits per heavy atom. The molecule has 6 heteroatoms. The topological polar surface area (TPSA) is 66.4 Å². The zero-order chi connectivity index (χ0) is 14.4. The maximum Gasteiger partial charge on any atom is 0.339 e. The maximum atomic E-state index is 11.7. The second-order valence-corrected chi connectivity index (χ2v) is 4.37. The van der Waals surface area contributed by atoms with Crippen molar-refractivity contribution in [3.05, 3.63) is 59.4 Å². The predicted molar refractivity (Wildman–Crippen MR) is 80.1 cm³/mol. The molecule has 0 atom stereocenters.